The summed E-state index contributed by atoms with van der Waals surface area (Å²) in [5.41, 5.74) is 6.79. The third kappa shape index (κ3) is 2.01. The Labute approximate surface area is 71.6 Å². The zero-order valence-electron chi connectivity index (χ0n) is 7.00. The Morgan fingerprint density at radius 2 is 2.36 bits per heavy atom. The molecule has 0 radical (unpaired) electrons. The largest absolute Gasteiger partial charge is 0.330 e. The summed E-state index contributed by atoms with van der Waals surface area (Å²) in [6.45, 7) is 5.10. The topological polar surface area (TPSA) is 38.9 Å². The number of aromatic nitrogens is 1. The van der Waals surface area contributed by atoms with Gasteiger partial charge in [-0.25, -0.2) is 4.37 Å². The van der Waals surface area contributed by atoms with Crippen molar-refractivity contribution in [2.24, 2.45) is 5.73 Å². The molecule has 0 bridgehead atoms. The molecule has 0 atom stereocenters. The van der Waals surface area contributed by atoms with Gasteiger partial charge in [0.25, 0.3) is 0 Å². The van der Waals surface area contributed by atoms with Gasteiger partial charge in [0.15, 0.2) is 0 Å². The van der Waals surface area contributed by atoms with Crippen LogP contribution in [0.15, 0.2) is 6.20 Å². The zero-order chi connectivity index (χ0) is 8.27. The lowest BCUT2D eigenvalue weighted by molar-refractivity contribution is 0.855. The molecule has 0 aliphatic carbocycles. The second-order valence-electron chi connectivity index (χ2n) is 2.91. The van der Waals surface area contributed by atoms with Crippen molar-refractivity contribution in [3.05, 3.63) is 16.6 Å². The minimum atomic E-state index is 0.587. The molecule has 0 amide bonds. The van der Waals surface area contributed by atoms with Crippen LogP contribution in [-0.4, -0.2) is 10.9 Å². The third-order valence-electron chi connectivity index (χ3n) is 1.61. The molecule has 0 fully saturated rings. The Kier molecular flexibility index (Phi) is 3.02. The maximum atomic E-state index is 5.47. The van der Waals surface area contributed by atoms with Crippen molar-refractivity contribution in [3.8, 4) is 0 Å². The summed E-state index contributed by atoms with van der Waals surface area (Å²) in [6, 6.07) is 0. The van der Waals surface area contributed by atoms with Gasteiger partial charge in [-0.05, 0) is 36.0 Å². The molecule has 0 spiro atoms. The van der Waals surface area contributed by atoms with E-state index in [0.29, 0.717) is 5.92 Å². The maximum absolute atomic E-state index is 5.47. The Morgan fingerprint density at radius 1 is 1.64 bits per heavy atom. The van der Waals surface area contributed by atoms with Crippen LogP contribution < -0.4 is 5.73 Å². The Hall–Kier alpha value is -0.410. The molecule has 0 aliphatic heterocycles. The fourth-order valence-corrected chi connectivity index (χ4v) is 1.86. The third-order valence-corrected chi connectivity index (χ3v) is 2.76. The van der Waals surface area contributed by atoms with Crippen LogP contribution >= 0.6 is 11.5 Å². The van der Waals surface area contributed by atoms with Gasteiger partial charge in [-0.3, -0.25) is 0 Å². The molecule has 3 heteroatoms. The SMILES string of the molecule is CC(C)c1sncc1CCN. The highest BCUT2D eigenvalue weighted by molar-refractivity contribution is 7.06. The molecule has 1 aromatic heterocycles. The van der Waals surface area contributed by atoms with Crippen molar-refractivity contribution in [2.75, 3.05) is 6.54 Å². The van der Waals surface area contributed by atoms with Gasteiger partial charge in [-0.1, -0.05) is 13.8 Å². The average Bonchev–Trinajstić information content (AvgIpc) is 2.36. The second-order valence-corrected chi connectivity index (χ2v) is 3.74. The van der Waals surface area contributed by atoms with Crippen molar-refractivity contribution in [1.82, 2.24) is 4.37 Å². The Bertz CT molecular complexity index is 218. The normalized spacial score (nSPS) is 10.9. The second kappa shape index (κ2) is 3.83. The summed E-state index contributed by atoms with van der Waals surface area (Å²) in [5.74, 6) is 0.587. The van der Waals surface area contributed by atoms with E-state index in [-0.39, 0.29) is 0 Å². The molecular formula is C8H14N2S. The summed E-state index contributed by atoms with van der Waals surface area (Å²) >= 11 is 1.59. The fraction of sp³-hybridized carbons (Fsp3) is 0.625. The predicted molar refractivity (Wildman–Crippen MR) is 49.0 cm³/mol. The Morgan fingerprint density at radius 3 is 2.91 bits per heavy atom. The summed E-state index contributed by atoms with van der Waals surface area (Å²) in [7, 11) is 0. The first-order valence-corrected chi connectivity index (χ1v) is 4.66. The first-order chi connectivity index (χ1) is 5.25. The van der Waals surface area contributed by atoms with Crippen molar-refractivity contribution in [1.29, 1.82) is 0 Å². The minimum absolute atomic E-state index is 0.587. The molecule has 0 unspecified atom stereocenters. The molecule has 0 aromatic carbocycles. The van der Waals surface area contributed by atoms with Crippen LogP contribution in [0.25, 0.3) is 0 Å². The fourth-order valence-electron chi connectivity index (χ4n) is 1.09. The first-order valence-electron chi connectivity index (χ1n) is 3.89. The molecule has 1 heterocycles. The molecule has 0 aliphatic rings. The maximum Gasteiger partial charge on any atom is 0.0442 e. The standard InChI is InChI=1S/C8H14N2S/c1-6(2)8-7(3-4-9)5-10-11-8/h5-6H,3-4,9H2,1-2H3. The highest BCUT2D eigenvalue weighted by Crippen LogP contribution is 2.23. The first kappa shape index (κ1) is 8.68. The lowest BCUT2D eigenvalue weighted by Gasteiger charge is -2.02. The van der Waals surface area contributed by atoms with E-state index in [9.17, 15) is 0 Å². The Balaban J connectivity index is 2.78. The number of rotatable bonds is 3. The van der Waals surface area contributed by atoms with E-state index in [2.05, 4.69) is 18.2 Å². The van der Waals surface area contributed by atoms with Gasteiger partial charge in [0.1, 0.15) is 0 Å². The molecule has 62 valence electrons. The summed E-state index contributed by atoms with van der Waals surface area (Å²) in [5, 5.41) is 0. The van der Waals surface area contributed by atoms with Crippen molar-refractivity contribution < 1.29 is 0 Å². The van der Waals surface area contributed by atoms with E-state index >= 15 is 0 Å². The van der Waals surface area contributed by atoms with Gasteiger partial charge < -0.3 is 5.73 Å². The molecule has 2 N–H and O–H groups in total. The van der Waals surface area contributed by atoms with Crippen molar-refractivity contribution >= 4 is 11.5 Å². The van der Waals surface area contributed by atoms with Crippen LogP contribution in [0.1, 0.15) is 30.2 Å². The van der Waals surface area contributed by atoms with E-state index in [1.807, 2.05) is 6.20 Å². The average molecular weight is 170 g/mol. The van der Waals surface area contributed by atoms with Crippen LogP contribution in [0, 0.1) is 0 Å². The van der Waals surface area contributed by atoms with E-state index in [1.165, 1.54) is 10.4 Å². The van der Waals surface area contributed by atoms with E-state index < -0.39 is 0 Å². The quantitative estimate of drug-likeness (QED) is 0.751. The number of hydrogen-bond acceptors (Lipinski definition) is 3. The summed E-state index contributed by atoms with van der Waals surface area (Å²) in [4.78, 5) is 1.38. The van der Waals surface area contributed by atoms with E-state index in [1.54, 1.807) is 11.5 Å². The van der Waals surface area contributed by atoms with Crippen LogP contribution in [0.2, 0.25) is 0 Å². The van der Waals surface area contributed by atoms with E-state index in [0.717, 1.165) is 13.0 Å². The number of nitrogens with two attached hydrogens (primary N) is 1. The van der Waals surface area contributed by atoms with Crippen molar-refractivity contribution in [3.63, 3.8) is 0 Å². The molecule has 1 rings (SSSR count). The van der Waals surface area contributed by atoms with Crippen LogP contribution in [-0.2, 0) is 6.42 Å². The monoisotopic (exact) mass is 170 g/mol. The molecular weight excluding hydrogens is 156 g/mol. The molecule has 0 saturated carbocycles. The van der Waals surface area contributed by atoms with Gasteiger partial charge in [0.05, 0.1) is 0 Å². The summed E-state index contributed by atoms with van der Waals surface area (Å²) < 4.78 is 4.15. The van der Waals surface area contributed by atoms with Crippen LogP contribution in [0.4, 0.5) is 0 Å². The molecule has 11 heavy (non-hydrogen) atoms. The zero-order valence-corrected chi connectivity index (χ0v) is 7.82. The van der Waals surface area contributed by atoms with Gasteiger partial charge in [-0.15, -0.1) is 0 Å². The smallest absolute Gasteiger partial charge is 0.0442 e. The minimum Gasteiger partial charge on any atom is -0.330 e. The van der Waals surface area contributed by atoms with Crippen molar-refractivity contribution in [2.45, 2.75) is 26.2 Å². The van der Waals surface area contributed by atoms with Crippen LogP contribution in [0.5, 0.6) is 0 Å². The highest BCUT2D eigenvalue weighted by Gasteiger charge is 2.07. The van der Waals surface area contributed by atoms with Gasteiger partial charge in [0, 0.05) is 11.1 Å². The van der Waals surface area contributed by atoms with Gasteiger partial charge in [0.2, 0.25) is 0 Å². The predicted octanol–water partition coefficient (Wildman–Crippen LogP) is 1.77. The highest BCUT2D eigenvalue weighted by atomic mass is 32.1. The lowest BCUT2D eigenvalue weighted by Crippen LogP contribution is -2.03. The van der Waals surface area contributed by atoms with Crippen LogP contribution in [0.3, 0.4) is 0 Å². The lowest BCUT2D eigenvalue weighted by atomic mass is 10.1. The van der Waals surface area contributed by atoms with E-state index in [4.69, 9.17) is 5.73 Å². The number of nitrogens with zero attached hydrogens (tertiary/aromatic N) is 1. The van der Waals surface area contributed by atoms with Gasteiger partial charge in [-0.2, -0.15) is 0 Å². The summed E-state index contributed by atoms with van der Waals surface area (Å²) in [6.07, 6.45) is 2.90. The van der Waals surface area contributed by atoms with Gasteiger partial charge >= 0.3 is 0 Å². The number of hydrogen-bond donors (Lipinski definition) is 1. The molecule has 2 nitrogen and oxygen atoms in total. The molecule has 0 saturated heterocycles. The molecule has 1 aromatic rings.